The molecule has 0 heterocycles. The Morgan fingerprint density at radius 1 is 1.08 bits per heavy atom. The number of benzene rings is 2. The van der Waals surface area contributed by atoms with E-state index in [-0.39, 0.29) is 18.6 Å². The molecule has 0 bridgehead atoms. The first kappa shape index (κ1) is 17.9. The molecule has 24 heavy (non-hydrogen) atoms. The molecule has 4 nitrogen and oxygen atoms in total. The highest BCUT2D eigenvalue weighted by atomic mass is 16.5. The van der Waals surface area contributed by atoms with E-state index in [9.17, 15) is 4.79 Å². The highest BCUT2D eigenvalue weighted by molar-refractivity contribution is 5.93. The van der Waals surface area contributed by atoms with Crippen molar-refractivity contribution in [2.75, 3.05) is 17.2 Å². The minimum absolute atomic E-state index is 0.0890. The molecular formula is C20H26N2O2. The second-order valence-corrected chi connectivity index (χ2v) is 6.07. The Hall–Kier alpha value is -2.49. The summed E-state index contributed by atoms with van der Waals surface area (Å²) < 4.78 is 5.77. The summed E-state index contributed by atoms with van der Waals surface area (Å²) in [6, 6.07) is 13.6. The molecule has 0 aliphatic carbocycles. The number of hydrogen-bond acceptors (Lipinski definition) is 3. The summed E-state index contributed by atoms with van der Waals surface area (Å²) in [5, 5.41) is 6.03. The summed E-state index contributed by atoms with van der Waals surface area (Å²) in [6.07, 6.45) is 1.10. The van der Waals surface area contributed by atoms with Crippen molar-refractivity contribution in [3.8, 4) is 5.75 Å². The van der Waals surface area contributed by atoms with Crippen LogP contribution in [0.5, 0.6) is 5.75 Å². The summed E-state index contributed by atoms with van der Waals surface area (Å²) in [5.41, 5.74) is 4.13. The SMILES string of the molecule is CCC(C)Oc1cccc(NC(=O)CNc2ccc(C)c(C)c2)c1. The molecule has 0 spiro atoms. The number of anilines is 2. The molecule has 0 fully saturated rings. The molecule has 1 atom stereocenters. The van der Waals surface area contributed by atoms with Gasteiger partial charge in [-0.25, -0.2) is 0 Å². The first-order valence-corrected chi connectivity index (χ1v) is 8.35. The standard InChI is InChI=1S/C20H26N2O2/c1-5-16(4)24-19-8-6-7-18(12-19)22-20(23)13-21-17-10-9-14(2)15(3)11-17/h6-12,16,21H,5,13H2,1-4H3,(H,22,23). The van der Waals surface area contributed by atoms with E-state index in [1.54, 1.807) is 0 Å². The van der Waals surface area contributed by atoms with Crippen LogP contribution in [0.25, 0.3) is 0 Å². The lowest BCUT2D eigenvalue weighted by Crippen LogP contribution is -2.21. The fourth-order valence-corrected chi connectivity index (χ4v) is 2.20. The van der Waals surface area contributed by atoms with Gasteiger partial charge in [0.25, 0.3) is 0 Å². The molecule has 0 saturated heterocycles. The van der Waals surface area contributed by atoms with Gasteiger partial charge in [0.1, 0.15) is 5.75 Å². The first-order valence-electron chi connectivity index (χ1n) is 8.35. The van der Waals surface area contributed by atoms with Crippen LogP contribution in [-0.2, 0) is 4.79 Å². The van der Waals surface area contributed by atoms with Gasteiger partial charge < -0.3 is 15.4 Å². The summed E-state index contributed by atoms with van der Waals surface area (Å²) in [6.45, 7) is 8.45. The van der Waals surface area contributed by atoms with Gasteiger partial charge in [-0.2, -0.15) is 0 Å². The lowest BCUT2D eigenvalue weighted by molar-refractivity contribution is -0.114. The molecule has 0 aliphatic heterocycles. The molecule has 128 valence electrons. The van der Waals surface area contributed by atoms with Gasteiger partial charge >= 0.3 is 0 Å². The monoisotopic (exact) mass is 326 g/mol. The van der Waals surface area contributed by atoms with Gasteiger partial charge in [-0.3, -0.25) is 4.79 Å². The number of ether oxygens (including phenoxy) is 1. The summed E-state index contributed by atoms with van der Waals surface area (Å²) >= 11 is 0. The Balaban J connectivity index is 1.90. The molecule has 2 aromatic carbocycles. The maximum absolute atomic E-state index is 12.1. The third-order valence-electron chi connectivity index (χ3n) is 3.99. The number of carbonyl (C=O) groups excluding carboxylic acids is 1. The maximum Gasteiger partial charge on any atom is 0.243 e. The number of carbonyl (C=O) groups is 1. The third kappa shape index (κ3) is 5.30. The van der Waals surface area contributed by atoms with E-state index in [0.29, 0.717) is 0 Å². The molecule has 4 heteroatoms. The van der Waals surface area contributed by atoms with Crippen LogP contribution in [0.4, 0.5) is 11.4 Å². The summed E-state index contributed by atoms with van der Waals surface area (Å²) in [5.74, 6) is 0.679. The average Bonchev–Trinajstić information content (AvgIpc) is 2.56. The van der Waals surface area contributed by atoms with E-state index in [4.69, 9.17) is 4.74 Å². The zero-order chi connectivity index (χ0) is 17.5. The number of amides is 1. The molecule has 2 N–H and O–H groups in total. The summed E-state index contributed by atoms with van der Waals surface area (Å²) in [7, 11) is 0. The number of nitrogens with one attached hydrogen (secondary N) is 2. The number of aryl methyl sites for hydroxylation is 2. The fourth-order valence-electron chi connectivity index (χ4n) is 2.20. The van der Waals surface area contributed by atoms with Crippen LogP contribution < -0.4 is 15.4 Å². The van der Waals surface area contributed by atoms with Gasteiger partial charge in [0, 0.05) is 17.4 Å². The molecule has 2 rings (SSSR count). The maximum atomic E-state index is 12.1. The lowest BCUT2D eigenvalue weighted by atomic mass is 10.1. The highest BCUT2D eigenvalue weighted by Gasteiger charge is 2.06. The van der Waals surface area contributed by atoms with Crippen LogP contribution in [0.15, 0.2) is 42.5 Å². The van der Waals surface area contributed by atoms with E-state index in [0.717, 1.165) is 23.5 Å². The zero-order valence-corrected chi connectivity index (χ0v) is 14.8. The third-order valence-corrected chi connectivity index (χ3v) is 3.99. The highest BCUT2D eigenvalue weighted by Crippen LogP contribution is 2.19. The summed E-state index contributed by atoms with van der Waals surface area (Å²) in [4.78, 5) is 12.1. The van der Waals surface area contributed by atoms with Crippen molar-refractivity contribution in [1.29, 1.82) is 0 Å². The number of hydrogen-bond donors (Lipinski definition) is 2. The Bertz CT molecular complexity index is 698. The van der Waals surface area contributed by atoms with Crippen LogP contribution in [0.1, 0.15) is 31.4 Å². The van der Waals surface area contributed by atoms with Crippen molar-refractivity contribution in [3.05, 3.63) is 53.6 Å². The Morgan fingerprint density at radius 2 is 1.88 bits per heavy atom. The second-order valence-electron chi connectivity index (χ2n) is 6.07. The zero-order valence-electron chi connectivity index (χ0n) is 14.8. The normalized spacial score (nSPS) is 11.7. The van der Waals surface area contributed by atoms with Crippen LogP contribution in [0, 0.1) is 13.8 Å². The van der Waals surface area contributed by atoms with Crippen LogP contribution in [-0.4, -0.2) is 18.6 Å². The van der Waals surface area contributed by atoms with Gasteiger partial charge in [0.2, 0.25) is 5.91 Å². The Morgan fingerprint density at radius 3 is 2.58 bits per heavy atom. The minimum atomic E-state index is -0.0890. The van der Waals surface area contributed by atoms with Gasteiger partial charge in [0.05, 0.1) is 12.6 Å². The van der Waals surface area contributed by atoms with Gasteiger partial charge in [-0.1, -0.05) is 19.1 Å². The second kappa shape index (κ2) is 8.39. The van der Waals surface area contributed by atoms with E-state index in [1.165, 1.54) is 11.1 Å². The van der Waals surface area contributed by atoms with Crippen LogP contribution >= 0.6 is 0 Å². The van der Waals surface area contributed by atoms with E-state index >= 15 is 0 Å². The van der Waals surface area contributed by atoms with Crippen molar-refractivity contribution in [3.63, 3.8) is 0 Å². The predicted octanol–water partition coefficient (Wildman–Crippen LogP) is 4.53. The minimum Gasteiger partial charge on any atom is -0.491 e. The molecule has 0 aliphatic rings. The van der Waals surface area contributed by atoms with Crippen molar-refractivity contribution < 1.29 is 9.53 Å². The molecule has 0 saturated carbocycles. The molecule has 0 radical (unpaired) electrons. The van der Waals surface area contributed by atoms with Crippen molar-refractivity contribution in [2.45, 2.75) is 40.2 Å². The lowest BCUT2D eigenvalue weighted by Gasteiger charge is -2.14. The fraction of sp³-hybridized carbons (Fsp3) is 0.350. The Labute approximate surface area is 144 Å². The van der Waals surface area contributed by atoms with Crippen molar-refractivity contribution in [1.82, 2.24) is 0 Å². The Kier molecular flexibility index (Phi) is 6.24. The average molecular weight is 326 g/mol. The van der Waals surface area contributed by atoms with Gasteiger partial charge in [0.15, 0.2) is 0 Å². The largest absolute Gasteiger partial charge is 0.491 e. The smallest absolute Gasteiger partial charge is 0.243 e. The molecular weight excluding hydrogens is 300 g/mol. The van der Waals surface area contributed by atoms with Crippen molar-refractivity contribution >= 4 is 17.3 Å². The molecule has 1 unspecified atom stereocenters. The van der Waals surface area contributed by atoms with Gasteiger partial charge in [-0.15, -0.1) is 0 Å². The van der Waals surface area contributed by atoms with Gasteiger partial charge in [-0.05, 0) is 62.6 Å². The topological polar surface area (TPSA) is 50.4 Å². The molecule has 1 amide bonds. The van der Waals surface area contributed by atoms with E-state index in [1.807, 2.05) is 49.4 Å². The van der Waals surface area contributed by atoms with Crippen LogP contribution in [0.2, 0.25) is 0 Å². The first-order chi connectivity index (χ1) is 11.5. The quantitative estimate of drug-likeness (QED) is 0.786. The van der Waals surface area contributed by atoms with E-state index in [2.05, 4.69) is 31.4 Å². The molecule has 2 aromatic rings. The molecule has 0 aromatic heterocycles. The van der Waals surface area contributed by atoms with Crippen molar-refractivity contribution in [2.24, 2.45) is 0 Å². The van der Waals surface area contributed by atoms with E-state index < -0.39 is 0 Å². The predicted molar refractivity (Wildman–Crippen MR) is 99.9 cm³/mol. The van der Waals surface area contributed by atoms with Crippen LogP contribution in [0.3, 0.4) is 0 Å². The number of rotatable bonds is 7.